The molecule has 0 saturated carbocycles. The summed E-state index contributed by atoms with van der Waals surface area (Å²) < 4.78 is 5.69. The maximum Gasteiger partial charge on any atom is 0.229 e. The number of anilines is 4. The number of benzene rings is 1. The fourth-order valence-corrected chi connectivity index (χ4v) is 3.07. The third kappa shape index (κ3) is 5.91. The minimum Gasteiger partial charge on any atom is -0.475 e. The normalized spacial score (nSPS) is 10.7. The summed E-state index contributed by atoms with van der Waals surface area (Å²) in [6, 6.07) is 7.79. The van der Waals surface area contributed by atoms with Crippen LogP contribution in [0.15, 0.2) is 49.3 Å². The van der Waals surface area contributed by atoms with Crippen molar-refractivity contribution >= 4 is 28.9 Å². The molecule has 0 aliphatic carbocycles. The van der Waals surface area contributed by atoms with E-state index in [9.17, 15) is 4.79 Å². The van der Waals surface area contributed by atoms with E-state index < -0.39 is 0 Å². The largest absolute Gasteiger partial charge is 0.475 e. The van der Waals surface area contributed by atoms with E-state index in [1.165, 1.54) is 6.08 Å². The van der Waals surface area contributed by atoms with Crippen LogP contribution in [-0.2, 0) is 11.2 Å². The number of aryl methyl sites for hydroxylation is 3. The van der Waals surface area contributed by atoms with E-state index in [4.69, 9.17) is 4.74 Å². The van der Waals surface area contributed by atoms with Crippen molar-refractivity contribution in [3.05, 3.63) is 71.6 Å². The first-order chi connectivity index (χ1) is 15.2. The quantitative estimate of drug-likeness (QED) is 0.440. The lowest BCUT2D eigenvalue weighted by Crippen LogP contribution is -2.08. The van der Waals surface area contributed by atoms with Crippen molar-refractivity contribution in [1.82, 2.24) is 15.0 Å². The highest BCUT2D eigenvalue weighted by molar-refractivity contribution is 5.92. The Morgan fingerprint density at radius 3 is 2.53 bits per heavy atom. The Kier molecular flexibility index (Phi) is 7.20. The van der Waals surface area contributed by atoms with Gasteiger partial charge in [0.1, 0.15) is 5.82 Å². The molecule has 3 aromatic rings. The number of carbonyl (C=O) groups is 1. The van der Waals surface area contributed by atoms with E-state index >= 15 is 0 Å². The molecule has 7 nitrogen and oxygen atoms in total. The van der Waals surface area contributed by atoms with Crippen LogP contribution in [0.2, 0.25) is 0 Å². The third-order valence-electron chi connectivity index (χ3n) is 4.76. The summed E-state index contributed by atoms with van der Waals surface area (Å²) in [5.74, 6) is 1.60. The molecule has 2 N–H and O–H groups in total. The fourth-order valence-electron chi connectivity index (χ4n) is 3.07. The summed E-state index contributed by atoms with van der Waals surface area (Å²) in [4.78, 5) is 25.3. The van der Waals surface area contributed by atoms with E-state index in [1.54, 1.807) is 12.4 Å². The Hall–Kier alpha value is -3.74. The van der Waals surface area contributed by atoms with Crippen LogP contribution < -0.4 is 15.4 Å². The standard InChI is InChI=1S/C25H29N5O2/c1-7-20(31)11-19-10-16(4)8-9-21(19)28-24-18(6)14-27-25(30-24)29-22-12-23(32-15(2)3)26-13-17(22)5/h7-10,12-15H,1,11H2,2-6H3,(H2,26,27,28,29,30). The second-order valence-electron chi connectivity index (χ2n) is 7.99. The number of pyridine rings is 1. The molecule has 0 atom stereocenters. The van der Waals surface area contributed by atoms with Crippen LogP contribution in [0.1, 0.15) is 36.1 Å². The number of allylic oxidation sites excluding steroid dienone is 1. The van der Waals surface area contributed by atoms with Gasteiger partial charge < -0.3 is 15.4 Å². The highest BCUT2D eigenvalue weighted by Gasteiger charge is 2.12. The topological polar surface area (TPSA) is 89.0 Å². The van der Waals surface area contributed by atoms with Crippen molar-refractivity contribution in [2.45, 2.75) is 47.1 Å². The molecule has 0 bridgehead atoms. The molecule has 2 aromatic heterocycles. The van der Waals surface area contributed by atoms with Crippen molar-refractivity contribution in [2.24, 2.45) is 0 Å². The number of carbonyl (C=O) groups excluding carboxylic acids is 1. The van der Waals surface area contributed by atoms with Crippen LogP contribution >= 0.6 is 0 Å². The van der Waals surface area contributed by atoms with Crippen molar-refractivity contribution < 1.29 is 9.53 Å². The number of hydrogen-bond acceptors (Lipinski definition) is 7. The maximum atomic E-state index is 12.0. The van der Waals surface area contributed by atoms with Crippen LogP contribution in [0.3, 0.4) is 0 Å². The molecule has 32 heavy (non-hydrogen) atoms. The summed E-state index contributed by atoms with van der Waals surface area (Å²) in [6.45, 7) is 13.4. The van der Waals surface area contributed by atoms with E-state index in [0.717, 1.165) is 33.6 Å². The summed E-state index contributed by atoms with van der Waals surface area (Å²) in [5, 5.41) is 6.62. The SMILES string of the molecule is C=CC(=O)Cc1cc(C)ccc1Nc1nc(Nc2cc(OC(C)C)ncc2C)ncc1C. The van der Waals surface area contributed by atoms with Crippen LogP contribution in [0.25, 0.3) is 0 Å². The minimum atomic E-state index is -0.0343. The lowest BCUT2D eigenvalue weighted by Gasteiger charge is -2.15. The minimum absolute atomic E-state index is 0.0289. The van der Waals surface area contributed by atoms with Gasteiger partial charge in [0.05, 0.1) is 11.8 Å². The molecular weight excluding hydrogens is 402 g/mol. The Balaban J connectivity index is 1.88. The molecule has 166 valence electrons. The van der Waals surface area contributed by atoms with Crippen molar-refractivity contribution in [3.8, 4) is 5.88 Å². The summed E-state index contributed by atoms with van der Waals surface area (Å²) in [7, 11) is 0. The van der Waals surface area contributed by atoms with Crippen molar-refractivity contribution in [1.29, 1.82) is 0 Å². The molecule has 0 radical (unpaired) electrons. The first-order valence-corrected chi connectivity index (χ1v) is 10.5. The summed E-state index contributed by atoms with van der Waals surface area (Å²) >= 11 is 0. The Bertz CT molecular complexity index is 1140. The van der Waals surface area contributed by atoms with E-state index in [1.807, 2.05) is 58.9 Å². The zero-order valence-corrected chi connectivity index (χ0v) is 19.2. The molecular formula is C25H29N5O2. The van der Waals surface area contributed by atoms with Gasteiger partial charge in [-0.1, -0.05) is 24.3 Å². The van der Waals surface area contributed by atoms with Gasteiger partial charge >= 0.3 is 0 Å². The smallest absolute Gasteiger partial charge is 0.229 e. The Morgan fingerprint density at radius 1 is 1.06 bits per heavy atom. The molecule has 0 fully saturated rings. The monoisotopic (exact) mass is 431 g/mol. The first-order valence-electron chi connectivity index (χ1n) is 10.5. The molecule has 1 aromatic carbocycles. The molecule has 3 rings (SSSR count). The third-order valence-corrected chi connectivity index (χ3v) is 4.76. The molecule has 7 heteroatoms. The van der Waals surface area contributed by atoms with Crippen LogP contribution in [0, 0.1) is 20.8 Å². The van der Waals surface area contributed by atoms with Crippen molar-refractivity contribution in [3.63, 3.8) is 0 Å². The molecule has 2 heterocycles. The second-order valence-corrected chi connectivity index (χ2v) is 7.99. The molecule has 0 spiro atoms. The number of ether oxygens (including phenoxy) is 1. The average molecular weight is 432 g/mol. The number of aromatic nitrogens is 3. The number of ketones is 1. The van der Waals surface area contributed by atoms with Crippen LogP contribution in [0.4, 0.5) is 23.1 Å². The lowest BCUT2D eigenvalue weighted by atomic mass is 10.0. The summed E-state index contributed by atoms with van der Waals surface area (Å²) in [5.41, 5.74) is 5.44. The zero-order chi connectivity index (χ0) is 23.3. The van der Waals surface area contributed by atoms with Gasteiger partial charge in [-0.25, -0.2) is 9.97 Å². The highest BCUT2D eigenvalue weighted by atomic mass is 16.5. The van der Waals surface area contributed by atoms with Gasteiger partial charge in [-0.15, -0.1) is 0 Å². The molecule has 0 aliphatic rings. The Labute approximate surface area is 189 Å². The van der Waals surface area contributed by atoms with Gasteiger partial charge in [0.25, 0.3) is 0 Å². The van der Waals surface area contributed by atoms with E-state index in [0.29, 0.717) is 17.6 Å². The first kappa shape index (κ1) is 22.9. The zero-order valence-electron chi connectivity index (χ0n) is 19.2. The number of hydrogen-bond donors (Lipinski definition) is 2. The average Bonchev–Trinajstić information content (AvgIpc) is 2.74. The van der Waals surface area contributed by atoms with Crippen LogP contribution in [-0.4, -0.2) is 26.8 Å². The van der Waals surface area contributed by atoms with E-state index in [2.05, 4.69) is 32.2 Å². The van der Waals surface area contributed by atoms with E-state index in [-0.39, 0.29) is 18.3 Å². The predicted molar refractivity (Wildman–Crippen MR) is 128 cm³/mol. The predicted octanol–water partition coefficient (Wildman–Crippen LogP) is 5.37. The number of nitrogens with zero attached hydrogens (tertiary/aromatic N) is 3. The fraction of sp³-hybridized carbons (Fsp3) is 0.280. The molecule has 0 saturated heterocycles. The van der Waals surface area contributed by atoms with Crippen LogP contribution in [0.5, 0.6) is 5.88 Å². The highest BCUT2D eigenvalue weighted by Crippen LogP contribution is 2.27. The summed E-state index contributed by atoms with van der Waals surface area (Å²) in [6.07, 6.45) is 5.15. The Morgan fingerprint density at radius 2 is 1.81 bits per heavy atom. The maximum absolute atomic E-state index is 12.0. The van der Waals surface area contributed by atoms with Gasteiger partial charge in [0.15, 0.2) is 5.78 Å². The second kappa shape index (κ2) is 10.0. The van der Waals surface area contributed by atoms with Gasteiger partial charge in [0.2, 0.25) is 11.8 Å². The van der Waals surface area contributed by atoms with Gasteiger partial charge in [-0.2, -0.15) is 4.98 Å². The molecule has 0 amide bonds. The van der Waals surface area contributed by atoms with Gasteiger partial charge in [0, 0.05) is 36.1 Å². The van der Waals surface area contributed by atoms with Crippen molar-refractivity contribution in [2.75, 3.05) is 10.6 Å². The number of rotatable bonds is 9. The molecule has 0 aliphatic heterocycles. The van der Waals surface area contributed by atoms with Gasteiger partial charge in [-0.05, 0) is 57.9 Å². The lowest BCUT2D eigenvalue weighted by molar-refractivity contribution is -0.114. The van der Waals surface area contributed by atoms with Gasteiger partial charge in [-0.3, -0.25) is 4.79 Å². The number of nitrogens with one attached hydrogen (secondary N) is 2. The molecule has 0 unspecified atom stereocenters.